The van der Waals surface area contributed by atoms with Gasteiger partial charge in [0.1, 0.15) is 0 Å². The Hall–Kier alpha value is -2.32. The van der Waals surface area contributed by atoms with Crippen LogP contribution in [0, 0.1) is 24.2 Å². The Morgan fingerprint density at radius 2 is 2.30 bits per heavy atom. The van der Waals surface area contributed by atoms with Crippen molar-refractivity contribution in [3.63, 3.8) is 0 Å². The van der Waals surface area contributed by atoms with E-state index in [2.05, 4.69) is 10.6 Å². The molecule has 0 heterocycles. The Labute approximate surface area is 117 Å². The summed E-state index contributed by atoms with van der Waals surface area (Å²) in [6.07, 6.45) is 4.51. The summed E-state index contributed by atoms with van der Waals surface area (Å²) in [4.78, 5) is 11.9. The van der Waals surface area contributed by atoms with Crippen LogP contribution in [0.3, 0.4) is 0 Å². The summed E-state index contributed by atoms with van der Waals surface area (Å²) in [6.45, 7) is 1.97. The number of aliphatic hydroxyl groups is 1. The first kappa shape index (κ1) is 14.1. The molecule has 0 bridgehead atoms. The van der Waals surface area contributed by atoms with Crippen molar-refractivity contribution in [3.8, 4) is 6.07 Å². The number of aryl methyl sites for hydroxylation is 1. The number of amides is 2. The summed E-state index contributed by atoms with van der Waals surface area (Å²) < 4.78 is 0. The molecule has 2 atom stereocenters. The molecule has 0 spiro atoms. The number of nitrogens with zero attached hydrogens (tertiary/aromatic N) is 1. The van der Waals surface area contributed by atoms with Crippen molar-refractivity contribution in [1.29, 1.82) is 5.26 Å². The molecule has 0 saturated carbocycles. The molecule has 2 rings (SSSR count). The Morgan fingerprint density at radius 3 is 2.95 bits per heavy atom. The Balaban J connectivity index is 1.95. The van der Waals surface area contributed by atoms with Gasteiger partial charge in [-0.2, -0.15) is 5.26 Å². The van der Waals surface area contributed by atoms with Gasteiger partial charge in [0.25, 0.3) is 0 Å². The van der Waals surface area contributed by atoms with Crippen LogP contribution in [-0.2, 0) is 0 Å². The number of carbonyl (C=O) groups excluding carboxylic acids is 1. The molecule has 0 aromatic heterocycles. The summed E-state index contributed by atoms with van der Waals surface area (Å²) in [5.41, 5.74) is 2.03. The fourth-order valence-electron chi connectivity index (χ4n) is 2.17. The largest absolute Gasteiger partial charge is 0.396 e. The lowest BCUT2D eigenvalue weighted by Crippen LogP contribution is -2.36. The first-order valence-corrected chi connectivity index (χ1v) is 6.50. The maximum absolute atomic E-state index is 11.9. The minimum Gasteiger partial charge on any atom is -0.396 e. The van der Waals surface area contributed by atoms with Gasteiger partial charge in [0.05, 0.1) is 11.6 Å². The molecule has 0 unspecified atom stereocenters. The molecule has 3 N–H and O–H groups in total. The van der Waals surface area contributed by atoms with Crippen LogP contribution in [0.2, 0.25) is 0 Å². The van der Waals surface area contributed by atoms with Gasteiger partial charge in [-0.05, 0) is 31.0 Å². The molecule has 5 nitrogen and oxygen atoms in total. The van der Waals surface area contributed by atoms with Crippen molar-refractivity contribution in [3.05, 3.63) is 41.5 Å². The second-order valence-corrected chi connectivity index (χ2v) is 4.91. The lowest BCUT2D eigenvalue weighted by Gasteiger charge is -2.14. The first-order chi connectivity index (χ1) is 9.62. The van der Waals surface area contributed by atoms with E-state index in [1.165, 1.54) is 0 Å². The topological polar surface area (TPSA) is 85.2 Å². The van der Waals surface area contributed by atoms with Gasteiger partial charge in [-0.15, -0.1) is 0 Å². The molecule has 1 aliphatic carbocycles. The van der Waals surface area contributed by atoms with Crippen LogP contribution in [0.5, 0.6) is 0 Å². The molecule has 0 fully saturated rings. The number of rotatable bonds is 3. The Morgan fingerprint density at radius 1 is 1.50 bits per heavy atom. The summed E-state index contributed by atoms with van der Waals surface area (Å²) in [7, 11) is 0. The predicted molar refractivity (Wildman–Crippen MR) is 76.2 cm³/mol. The van der Waals surface area contributed by atoms with Gasteiger partial charge in [-0.3, -0.25) is 0 Å². The lowest BCUT2D eigenvalue weighted by atomic mass is 10.1. The van der Waals surface area contributed by atoms with Gasteiger partial charge >= 0.3 is 6.03 Å². The van der Waals surface area contributed by atoms with E-state index in [4.69, 9.17) is 10.4 Å². The van der Waals surface area contributed by atoms with Crippen LogP contribution in [0.15, 0.2) is 30.4 Å². The number of nitriles is 1. The average molecular weight is 271 g/mol. The third-order valence-electron chi connectivity index (χ3n) is 3.34. The molecule has 104 valence electrons. The monoisotopic (exact) mass is 271 g/mol. The molecule has 0 saturated heterocycles. The average Bonchev–Trinajstić information content (AvgIpc) is 2.88. The lowest BCUT2D eigenvalue weighted by molar-refractivity contribution is 0.238. The van der Waals surface area contributed by atoms with Crippen LogP contribution in [0.4, 0.5) is 10.5 Å². The molecule has 5 heteroatoms. The number of hydrogen-bond donors (Lipinski definition) is 3. The number of carbonyl (C=O) groups is 1. The second-order valence-electron chi connectivity index (χ2n) is 4.91. The van der Waals surface area contributed by atoms with E-state index >= 15 is 0 Å². The number of hydrogen-bond acceptors (Lipinski definition) is 3. The molecule has 0 radical (unpaired) electrons. The van der Waals surface area contributed by atoms with E-state index in [-0.39, 0.29) is 24.6 Å². The Kier molecular flexibility index (Phi) is 4.38. The van der Waals surface area contributed by atoms with Crippen molar-refractivity contribution in [2.45, 2.75) is 19.4 Å². The van der Waals surface area contributed by atoms with E-state index < -0.39 is 0 Å². The second kappa shape index (κ2) is 6.22. The van der Waals surface area contributed by atoms with Crippen molar-refractivity contribution in [2.24, 2.45) is 5.92 Å². The molecule has 0 aliphatic heterocycles. The zero-order valence-electron chi connectivity index (χ0n) is 11.3. The summed E-state index contributed by atoms with van der Waals surface area (Å²) in [5, 5.41) is 23.5. The van der Waals surface area contributed by atoms with Crippen LogP contribution >= 0.6 is 0 Å². The zero-order chi connectivity index (χ0) is 14.5. The Bertz CT molecular complexity index is 575. The first-order valence-electron chi connectivity index (χ1n) is 6.50. The fourth-order valence-corrected chi connectivity index (χ4v) is 2.17. The normalized spacial score (nSPS) is 20.4. The number of anilines is 1. The number of nitrogens with one attached hydrogen (secondary N) is 2. The summed E-state index contributed by atoms with van der Waals surface area (Å²) in [6, 6.07) is 6.83. The van der Waals surface area contributed by atoms with Crippen molar-refractivity contribution in [1.82, 2.24) is 5.32 Å². The molecular formula is C15H17N3O2. The van der Waals surface area contributed by atoms with Gasteiger partial charge in [0.2, 0.25) is 0 Å². The molecule has 1 aromatic rings. The van der Waals surface area contributed by atoms with Gasteiger partial charge in [0.15, 0.2) is 0 Å². The number of aliphatic hydroxyl groups excluding tert-OH is 1. The molecule has 2 amide bonds. The zero-order valence-corrected chi connectivity index (χ0v) is 11.3. The van der Waals surface area contributed by atoms with E-state index in [1.54, 1.807) is 18.2 Å². The van der Waals surface area contributed by atoms with Crippen LogP contribution in [0.25, 0.3) is 0 Å². The van der Waals surface area contributed by atoms with Gasteiger partial charge in [-0.1, -0.05) is 18.2 Å². The van der Waals surface area contributed by atoms with Crippen LogP contribution < -0.4 is 10.6 Å². The maximum Gasteiger partial charge on any atom is 0.319 e. The fraction of sp³-hybridized carbons (Fsp3) is 0.333. The van der Waals surface area contributed by atoms with Crippen molar-refractivity contribution in [2.75, 3.05) is 11.9 Å². The summed E-state index contributed by atoms with van der Waals surface area (Å²) in [5.74, 6) is 0.115. The molecule has 20 heavy (non-hydrogen) atoms. The highest BCUT2D eigenvalue weighted by Gasteiger charge is 2.19. The van der Waals surface area contributed by atoms with Gasteiger partial charge in [0, 0.05) is 24.3 Å². The van der Waals surface area contributed by atoms with Crippen LogP contribution in [-0.4, -0.2) is 23.8 Å². The van der Waals surface area contributed by atoms with Gasteiger partial charge in [-0.25, -0.2) is 4.79 Å². The van der Waals surface area contributed by atoms with E-state index in [1.807, 2.05) is 25.1 Å². The quantitative estimate of drug-likeness (QED) is 0.734. The standard InChI is InChI=1S/C15H17N3O2/c1-10-2-3-11(8-16)7-14(10)18-15(20)17-13-5-4-12(6-13)9-19/h2-5,7,12-13,19H,6,9H2,1H3,(H2,17,18,20)/t12-,13+/m0/s1. The molecule has 1 aliphatic rings. The van der Waals surface area contributed by atoms with E-state index in [0.717, 1.165) is 5.56 Å². The molecule has 1 aromatic carbocycles. The summed E-state index contributed by atoms with van der Waals surface area (Å²) >= 11 is 0. The molecular weight excluding hydrogens is 254 g/mol. The highest BCUT2D eigenvalue weighted by Crippen LogP contribution is 2.18. The van der Waals surface area contributed by atoms with E-state index in [0.29, 0.717) is 17.7 Å². The predicted octanol–water partition coefficient (Wildman–Crippen LogP) is 1.93. The highest BCUT2D eigenvalue weighted by atomic mass is 16.3. The SMILES string of the molecule is Cc1ccc(C#N)cc1NC(=O)N[C@@H]1C=C[C@H](CO)C1. The van der Waals surface area contributed by atoms with Crippen molar-refractivity contribution < 1.29 is 9.90 Å². The number of urea groups is 1. The minimum absolute atomic E-state index is 0.0633. The third kappa shape index (κ3) is 3.37. The van der Waals surface area contributed by atoms with Crippen LogP contribution in [0.1, 0.15) is 17.5 Å². The smallest absolute Gasteiger partial charge is 0.319 e. The van der Waals surface area contributed by atoms with E-state index in [9.17, 15) is 4.79 Å². The van der Waals surface area contributed by atoms with Crippen molar-refractivity contribution >= 4 is 11.7 Å². The van der Waals surface area contributed by atoms with Gasteiger partial charge < -0.3 is 15.7 Å². The maximum atomic E-state index is 11.9. The third-order valence-corrected chi connectivity index (χ3v) is 3.34. The number of benzene rings is 1. The highest BCUT2D eigenvalue weighted by molar-refractivity contribution is 5.90. The minimum atomic E-state index is -0.309.